The first kappa shape index (κ1) is 22.3. The number of likely N-dealkylation sites (tertiary alicyclic amines) is 1. The van der Waals surface area contributed by atoms with Gasteiger partial charge >= 0.3 is 0 Å². The number of amides is 1. The molecule has 0 radical (unpaired) electrons. The van der Waals surface area contributed by atoms with E-state index in [2.05, 4.69) is 20.9 Å². The van der Waals surface area contributed by atoms with Gasteiger partial charge in [0.15, 0.2) is 0 Å². The fraction of sp³-hybridized carbons (Fsp3) is 0.423. The van der Waals surface area contributed by atoms with Gasteiger partial charge in [0.05, 0.1) is 22.5 Å². The Kier molecular flexibility index (Phi) is 6.38. The van der Waals surface area contributed by atoms with Gasteiger partial charge in [-0.05, 0) is 56.4 Å². The largest absolute Gasteiger partial charge is 0.333 e. The number of para-hydroxylation sites is 2. The zero-order chi connectivity index (χ0) is 23.5. The molecule has 0 spiro atoms. The fourth-order valence-electron chi connectivity index (χ4n) is 4.99. The molecule has 1 aliphatic heterocycles. The number of aromatic nitrogens is 5. The number of aryl methyl sites for hydroxylation is 2. The number of carbonyl (C=O) groups is 1. The topological polar surface area (TPSA) is 85.9 Å². The lowest BCUT2D eigenvalue weighted by atomic mass is 10.0. The number of fused-ring (bicyclic) bond motifs is 2. The van der Waals surface area contributed by atoms with Crippen LogP contribution < -0.4 is 5.56 Å². The molecule has 8 nitrogen and oxygen atoms in total. The van der Waals surface area contributed by atoms with Gasteiger partial charge in [0.25, 0.3) is 5.56 Å². The Morgan fingerprint density at radius 2 is 1.79 bits per heavy atom. The maximum Gasteiger partial charge on any atom is 0.277 e. The van der Waals surface area contributed by atoms with E-state index in [0.29, 0.717) is 23.9 Å². The van der Waals surface area contributed by atoms with Crippen LogP contribution in [0.25, 0.3) is 21.9 Å². The smallest absolute Gasteiger partial charge is 0.277 e. The van der Waals surface area contributed by atoms with Gasteiger partial charge in [-0.2, -0.15) is 0 Å². The second kappa shape index (κ2) is 9.75. The third-order valence-electron chi connectivity index (χ3n) is 6.83. The molecule has 1 unspecified atom stereocenters. The van der Waals surface area contributed by atoms with E-state index in [1.807, 2.05) is 42.3 Å². The van der Waals surface area contributed by atoms with Gasteiger partial charge in [0.1, 0.15) is 11.3 Å². The molecule has 0 aliphatic carbocycles. The molecule has 5 rings (SSSR count). The van der Waals surface area contributed by atoms with Crippen molar-refractivity contribution in [3.63, 3.8) is 0 Å². The molecule has 0 bridgehead atoms. The van der Waals surface area contributed by atoms with Crippen LogP contribution in [-0.2, 0) is 18.4 Å². The first-order valence-electron chi connectivity index (χ1n) is 12.2. The standard InChI is InChI=1S/C26H30N6O2/c1-30-22-14-7-6-13-21(22)27-25(30)23-15-8-10-17-31(23)24(33)16-3-2-9-18-32-26(34)19-11-4-5-12-20(19)28-29-32/h4-7,11-14,23H,2-3,8-10,15-18H2,1H3. The summed E-state index contributed by atoms with van der Waals surface area (Å²) < 4.78 is 3.56. The quantitative estimate of drug-likeness (QED) is 0.391. The third kappa shape index (κ3) is 4.32. The number of hydrogen-bond donors (Lipinski definition) is 0. The number of rotatable bonds is 7. The van der Waals surface area contributed by atoms with Gasteiger partial charge in [-0.15, -0.1) is 5.10 Å². The van der Waals surface area contributed by atoms with Gasteiger partial charge < -0.3 is 9.47 Å². The highest BCUT2D eigenvalue weighted by molar-refractivity contribution is 5.78. The van der Waals surface area contributed by atoms with Crippen molar-refractivity contribution in [2.24, 2.45) is 7.05 Å². The number of carbonyl (C=O) groups excluding carboxylic acids is 1. The summed E-state index contributed by atoms with van der Waals surface area (Å²) in [7, 11) is 2.04. The lowest BCUT2D eigenvalue weighted by Crippen LogP contribution is -2.39. The Labute approximate surface area is 198 Å². The summed E-state index contributed by atoms with van der Waals surface area (Å²) in [6.45, 7) is 1.30. The average Bonchev–Trinajstić information content (AvgIpc) is 3.21. The Hall–Kier alpha value is -3.55. The highest BCUT2D eigenvalue weighted by Gasteiger charge is 2.30. The molecule has 0 N–H and O–H groups in total. The summed E-state index contributed by atoms with van der Waals surface area (Å²) in [5.74, 6) is 1.17. The summed E-state index contributed by atoms with van der Waals surface area (Å²) in [5.41, 5.74) is 2.58. The van der Waals surface area contributed by atoms with Gasteiger partial charge in [-0.3, -0.25) is 9.59 Å². The summed E-state index contributed by atoms with van der Waals surface area (Å²) in [6, 6.07) is 15.4. The minimum atomic E-state index is -0.111. The Bertz CT molecular complexity index is 1370. The molecule has 4 aromatic rings. The number of nitrogens with zero attached hydrogens (tertiary/aromatic N) is 6. The highest BCUT2D eigenvalue weighted by Crippen LogP contribution is 2.32. The molecule has 8 heteroatoms. The van der Waals surface area contributed by atoms with Crippen molar-refractivity contribution in [1.29, 1.82) is 0 Å². The van der Waals surface area contributed by atoms with E-state index >= 15 is 0 Å². The highest BCUT2D eigenvalue weighted by atomic mass is 16.2. The molecular weight excluding hydrogens is 428 g/mol. The van der Waals surface area contributed by atoms with E-state index < -0.39 is 0 Å². The molecule has 1 fully saturated rings. The summed E-state index contributed by atoms with van der Waals surface area (Å²) in [4.78, 5) is 32.6. The molecule has 2 aromatic heterocycles. The van der Waals surface area contributed by atoms with Crippen molar-refractivity contribution >= 4 is 27.8 Å². The van der Waals surface area contributed by atoms with Crippen LogP contribution in [0.2, 0.25) is 0 Å². The molecule has 34 heavy (non-hydrogen) atoms. The van der Waals surface area contributed by atoms with Crippen LogP contribution in [0.3, 0.4) is 0 Å². The van der Waals surface area contributed by atoms with Gasteiger partial charge in [0.2, 0.25) is 5.91 Å². The van der Waals surface area contributed by atoms with Crippen molar-refractivity contribution in [2.75, 3.05) is 6.54 Å². The van der Waals surface area contributed by atoms with Crippen molar-refractivity contribution in [3.8, 4) is 0 Å². The van der Waals surface area contributed by atoms with Gasteiger partial charge in [0, 0.05) is 26.6 Å². The summed E-state index contributed by atoms with van der Waals surface area (Å²) in [6.07, 6.45) is 6.05. The molecule has 1 amide bonds. The molecular formula is C26H30N6O2. The first-order valence-corrected chi connectivity index (χ1v) is 12.2. The van der Waals surface area contributed by atoms with E-state index in [9.17, 15) is 9.59 Å². The Balaban J connectivity index is 1.18. The number of unbranched alkanes of at least 4 members (excludes halogenated alkanes) is 2. The van der Waals surface area contributed by atoms with Crippen molar-refractivity contribution in [1.82, 2.24) is 29.4 Å². The number of benzene rings is 2. The van der Waals surface area contributed by atoms with E-state index in [1.54, 1.807) is 12.1 Å². The normalized spacial score (nSPS) is 16.4. The zero-order valence-corrected chi connectivity index (χ0v) is 19.6. The molecule has 176 valence electrons. The number of imidazole rings is 1. The van der Waals surface area contributed by atoms with Crippen molar-refractivity contribution in [2.45, 2.75) is 57.5 Å². The monoisotopic (exact) mass is 458 g/mol. The maximum absolute atomic E-state index is 13.2. The first-order chi connectivity index (χ1) is 16.6. The molecule has 0 saturated carbocycles. The molecule has 1 aliphatic rings. The average molecular weight is 459 g/mol. The second-order valence-electron chi connectivity index (χ2n) is 9.06. The van der Waals surface area contributed by atoms with Crippen LogP contribution in [0.5, 0.6) is 0 Å². The summed E-state index contributed by atoms with van der Waals surface area (Å²) >= 11 is 0. The van der Waals surface area contributed by atoms with Crippen LogP contribution in [0.1, 0.15) is 56.8 Å². The Morgan fingerprint density at radius 3 is 2.65 bits per heavy atom. The zero-order valence-electron chi connectivity index (χ0n) is 19.6. The van der Waals surface area contributed by atoms with Crippen LogP contribution in [0, 0.1) is 0 Å². The number of piperidine rings is 1. The fourth-order valence-corrected chi connectivity index (χ4v) is 4.99. The molecule has 1 atom stereocenters. The Morgan fingerprint density at radius 1 is 1.00 bits per heavy atom. The minimum Gasteiger partial charge on any atom is -0.333 e. The lowest BCUT2D eigenvalue weighted by Gasteiger charge is -2.35. The van der Waals surface area contributed by atoms with E-state index in [1.165, 1.54) is 4.68 Å². The van der Waals surface area contributed by atoms with E-state index in [0.717, 1.165) is 61.9 Å². The van der Waals surface area contributed by atoms with Crippen LogP contribution in [0.15, 0.2) is 53.3 Å². The predicted octanol–water partition coefficient (Wildman–Crippen LogP) is 3.99. The van der Waals surface area contributed by atoms with E-state index in [-0.39, 0.29) is 17.5 Å². The maximum atomic E-state index is 13.2. The number of hydrogen-bond acceptors (Lipinski definition) is 5. The lowest BCUT2D eigenvalue weighted by molar-refractivity contribution is -0.135. The van der Waals surface area contributed by atoms with Crippen molar-refractivity contribution < 1.29 is 4.79 Å². The second-order valence-corrected chi connectivity index (χ2v) is 9.06. The SMILES string of the molecule is Cn1c(C2CCCCN2C(=O)CCCCCn2nnc3ccccc3c2=O)nc2ccccc21. The van der Waals surface area contributed by atoms with Crippen LogP contribution >= 0.6 is 0 Å². The minimum absolute atomic E-state index is 0.0325. The van der Waals surface area contributed by atoms with E-state index in [4.69, 9.17) is 4.98 Å². The molecule has 2 aromatic carbocycles. The molecule has 1 saturated heterocycles. The van der Waals surface area contributed by atoms with Crippen LogP contribution in [0.4, 0.5) is 0 Å². The predicted molar refractivity (Wildman–Crippen MR) is 131 cm³/mol. The van der Waals surface area contributed by atoms with Crippen LogP contribution in [-0.4, -0.2) is 41.9 Å². The van der Waals surface area contributed by atoms with Gasteiger partial charge in [-0.25, -0.2) is 9.67 Å². The molecule has 3 heterocycles. The van der Waals surface area contributed by atoms with Gasteiger partial charge in [-0.1, -0.05) is 35.9 Å². The third-order valence-corrected chi connectivity index (χ3v) is 6.83. The van der Waals surface area contributed by atoms with Crippen molar-refractivity contribution in [3.05, 3.63) is 64.7 Å². The summed E-state index contributed by atoms with van der Waals surface area (Å²) in [5, 5.41) is 8.78.